The molecule has 1 fully saturated rings. The Morgan fingerprint density at radius 2 is 1.79 bits per heavy atom. The molecule has 1 aliphatic heterocycles. The summed E-state index contributed by atoms with van der Waals surface area (Å²) < 4.78 is 59.4. The van der Waals surface area contributed by atoms with Crippen LogP contribution in [0.15, 0.2) is 0 Å². The van der Waals surface area contributed by atoms with E-state index in [1.165, 1.54) is 7.05 Å². The normalized spacial score (nSPS) is 23.4. The minimum Gasteiger partial charge on any atom is -0.448 e. The predicted molar refractivity (Wildman–Crippen MR) is 42.2 cm³/mol. The van der Waals surface area contributed by atoms with Crippen LogP contribution in [0.25, 0.3) is 0 Å². The second-order valence-electron chi connectivity index (χ2n) is 2.90. The number of hydrogen-bond acceptors (Lipinski definition) is 2. The van der Waals surface area contributed by atoms with Crippen LogP contribution in [0.5, 0.6) is 0 Å². The molecule has 0 spiro atoms. The van der Waals surface area contributed by atoms with E-state index in [-0.39, 0.29) is 64.5 Å². The summed E-state index contributed by atoms with van der Waals surface area (Å²) in [5, 5.41) is 0. The topological polar surface area (TPSA) is 40.6 Å². The summed E-state index contributed by atoms with van der Waals surface area (Å²) in [7, 11) is -2.57. The summed E-state index contributed by atoms with van der Waals surface area (Å²) in [6.45, 7) is -5.04. The van der Waals surface area contributed by atoms with Gasteiger partial charge in [0, 0.05) is 20.1 Å². The molecule has 0 amide bonds. The van der Waals surface area contributed by atoms with Crippen molar-refractivity contribution in [3.05, 3.63) is 0 Å². The molecule has 0 saturated carbocycles. The predicted octanol–water partition coefficient (Wildman–Crippen LogP) is -3.13. The van der Waals surface area contributed by atoms with Crippen molar-refractivity contribution in [2.45, 2.75) is 0 Å². The first kappa shape index (κ1) is 15.4. The molecule has 1 aliphatic rings. The Morgan fingerprint density at radius 3 is 2.07 bits per heavy atom. The maximum Gasteiger partial charge on any atom is 1.00 e. The molecule has 0 radical (unpaired) electrons. The summed E-state index contributed by atoms with van der Waals surface area (Å²) in [4.78, 5) is 0. The number of halogens is 3. The molecule has 0 atom stereocenters. The van der Waals surface area contributed by atoms with Crippen molar-refractivity contribution < 1.29 is 72.7 Å². The summed E-state index contributed by atoms with van der Waals surface area (Å²) in [6.07, 6.45) is -1.34. The van der Waals surface area contributed by atoms with Gasteiger partial charge in [0.1, 0.15) is 0 Å². The SMILES string of the molecule is CN1CCN(C[B-](F)(F)F)S1(=O)=O.[K+]. The number of likely N-dealkylation sites (N-methyl/N-ethyl adjacent to an activating group) is 1. The van der Waals surface area contributed by atoms with Gasteiger partial charge in [0.25, 0.3) is 10.2 Å². The fourth-order valence-electron chi connectivity index (χ4n) is 1.10. The summed E-state index contributed by atoms with van der Waals surface area (Å²) in [5.41, 5.74) is 0. The molecular weight excluding hydrogens is 247 g/mol. The van der Waals surface area contributed by atoms with E-state index in [1.807, 2.05) is 0 Å². The second-order valence-corrected chi connectivity index (χ2v) is 4.93. The fraction of sp³-hybridized carbons (Fsp3) is 1.00. The zero-order valence-electron chi connectivity index (χ0n) is 7.95. The summed E-state index contributed by atoms with van der Waals surface area (Å²) in [5.74, 6) is 0. The zero-order valence-corrected chi connectivity index (χ0v) is 11.9. The first-order valence-electron chi connectivity index (χ1n) is 3.66. The van der Waals surface area contributed by atoms with E-state index >= 15 is 0 Å². The minimum atomic E-state index is -5.08. The van der Waals surface area contributed by atoms with Crippen molar-refractivity contribution >= 4 is 17.2 Å². The van der Waals surface area contributed by atoms with Crippen LogP contribution in [0, 0.1) is 0 Å². The standard InChI is InChI=1S/C4H9BF3N2O2S.K/c1-9-2-3-10(13(9,11)12)4-5(6,7)8;/h2-4H2,1H3;/q-1;+1. The summed E-state index contributed by atoms with van der Waals surface area (Å²) >= 11 is 0. The van der Waals surface area contributed by atoms with Crippen molar-refractivity contribution in [2.24, 2.45) is 0 Å². The van der Waals surface area contributed by atoms with Crippen LogP contribution in [-0.2, 0) is 10.2 Å². The smallest absolute Gasteiger partial charge is 0.448 e. The number of nitrogens with zero attached hydrogens (tertiary/aromatic N) is 2. The van der Waals surface area contributed by atoms with Crippen molar-refractivity contribution in [3.63, 3.8) is 0 Å². The monoisotopic (exact) mass is 256 g/mol. The van der Waals surface area contributed by atoms with Crippen LogP contribution < -0.4 is 51.4 Å². The molecule has 0 bridgehead atoms. The van der Waals surface area contributed by atoms with Crippen LogP contribution in [0.1, 0.15) is 0 Å². The van der Waals surface area contributed by atoms with Gasteiger partial charge in [-0.05, 0) is 6.44 Å². The van der Waals surface area contributed by atoms with E-state index in [9.17, 15) is 21.4 Å². The van der Waals surface area contributed by atoms with Crippen LogP contribution in [0.3, 0.4) is 0 Å². The molecule has 1 saturated heterocycles. The first-order chi connectivity index (χ1) is 5.73. The van der Waals surface area contributed by atoms with Crippen molar-refractivity contribution in [1.29, 1.82) is 0 Å². The van der Waals surface area contributed by atoms with Gasteiger partial charge in [-0.3, -0.25) is 0 Å². The molecule has 4 nitrogen and oxygen atoms in total. The molecule has 0 N–H and O–H groups in total. The molecule has 0 aromatic heterocycles. The molecule has 0 unspecified atom stereocenters. The Morgan fingerprint density at radius 1 is 1.29 bits per heavy atom. The van der Waals surface area contributed by atoms with E-state index in [0.717, 1.165) is 4.31 Å². The largest absolute Gasteiger partial charge is 1.00 e. The van der Waals surface area contributed by atoms with E-state index in [2.05, 4.69) is 0 Å². The molecule has 1 heterocycles. The third-order valence-electron chi connectivity index (χ3n) is 1.80. The third kappa shape index (κ3) is 3.74. The Labute approximate surface area is 123 Å². The molecular formula is C4H9BF3KN2O2S. The minimum absolute atomic E-state index is 0. The first-order valence-corrected chi connectivity index (χ1v) is 5.05. The van der Waals surface area contributed by atoms with E-state index in [0.29, 0.717) is 4.31 Å². The quantitative estimate of drug-likeness (QED) is 0.490. The second kappa shape index (κ2) is 5.13. The average molecular weight is 256 g/mol. The number of hydrogen-bond donors (Lipinski definition) is 0. The number of rotatable bonds is 2. The van der Waals surface area contributed by atoms with Crippen molar-refractivity contribution in [1.82, 2.24) is 8.61 Å². The van der Waals surface area contributed by atoms with Gasteiger partial charge in [-0.1, -0.05) is 0 Å². The van der Waals surface area contributed by atoms with Gasteiger partial charge in [0.15, 0.2) is 0 Å². The van der Waals surface area contributed by atoms with E-state index in [1.54, 1.807) is 0 Å². The van der Waals surface area contributed by atoms with E-state index in [4.69, 9.17) is 0 Å². The Balaban J connectivity index is 0.00000169. The van der Waals surface area contributed by atoms with Gasteiger partial charge in [0.05, 0.1) is 0 Å². The third-order valence-corrected chi connectivity index (χ3v) is 3.75. The molecule has 0 aliphatic carbocycles. The fourth-order valence-corrected chi connectivity index (χ4v) is 2.47. The van der Waals surface area contributed by atoms with Crippen LogP contribution in [-0.4, -0.2) is 50.6 Å². The molecule has 14 heavy (non-hydrogen) atoms. The van der Waals surface area contributed by atoms with E-state index < -0.39 is 23.6 Å². The van der Waals surface area contributed by atoms with Gasteiger partial charge in [-0.2, -0.15) is 12.7 Å². The Bertz CT molecular complexity index is 295. The summed E-state index contributed by atoms with van der Waals surface area (Å²) in [6, 6.07) is 0. The van der Waals surface area contributed by atoms with Gasteiger partial charge in [-0.25, -0.2) is 4.31 Å². The maximum absolute atomic E-state index is 11.9. The molecule has 78 valence electrons. The Kier molecular flexibility index (Phi) is 5.63. The molecule has 0 aromatic rings. The maximum atomic E-state index is 11.9. The van der Waals surface area contributed by atoms with Crippen molar-refractivity contribution in [3.8, 4) is 0 Å². The van der Waals surface area contributed by atoms with Gasteiger partial charge in [-0.15, -0.1) is 0 Å². The van der Waals surface area contributed by atoms with Crippen LogP contribution >= 0.6 is 0 Å². The zero-order chi connectivity index (χ0) is 10.3. The Hall–Kier alpha value is 1.36. The van der Waals surface area contributed by atoms with Gasteiger partial charge < -0.3 is 12.9 Å². The van der Waals surface area contributed by atoms with Gasteiger partial charge in [0.2, 0.25) is 0 Å². The average Bonchev–Trinajstić information content (AvgIpc) is 2.13. The van der Waals surface area contributed by atoms with Crippen LogP contribution in [0.2, 0.25) is 0 Å². The molecule has 1 rings (SSSR count). The van der Waals surface area contributed by atoms with Crippen LogP contribution in [0.4, 0.5) is 12.9 Å². The molecule has 0 aromatic carbocycles. The van der Waals surface area contributed by atoms with Crippen molar-refractivity contribution in [2.75, 3.05) is 26.6 Å². The van der Waals surface area contributed by atoms with Gasteiger partial charge >= 0.3 is 58.4 Å². The molecule has 10 heteroatoms.